The number of carbonyl (C=O) groups is 1. The van der Waals surface area contributed by atoms with E-state index in [4.69, 9.17) is 10.5 Å². The maximum absolute atomic E-state index is 11.7. The van der Waals surface area contributed by atoms with Gasteiger partial charge in [-0.25, -0.2) is 4.79 Å². The van der Waals surface area contributed by atoms with Crippen molar-refractivity contribution in [3.8, 4) is 0 Å². The third-order valence-corrected chi connectivity index (χ3v) is 3.04. The first-order valence-electron chi connectivity index (χ1n) is 7.21. The van der Waals surface area contributed by atoms with Crippen LogP contribution in [0.2, 0.25) is 0 Å². The highest BCUT2D eigenvalue weighted by Crippen LogP contribution is 2.06. The van der Waals surface area contributed by atoms with Crippen molar-refractivity contribution >= 4 is 6.09 Å². The molecule has 0 radical (unpaired) electrons. The van der Waals surface area contributed by atoms with E-state index in [2.05, 4.69) is 12.2 Å². The molecule has 1 amide bonds. The molecule has 4 heteroatoms. The fourth-order valence-electron chi connectivity index (χ4n) is 2.19. The molecule has 0 aliphatic rings. The van der Waals surface area contributed by atoms with E-state index in [0.29, 0.717) is 12.5 Å². The van der Waals surface area contributed by atoms with Crippen LogP contribution in [0.15, 0.2) is 30.3 Å². The van der Waals surface area contributed by atoms with Crippen LogP contribution < -0.4 is 11.1 Å². The highest BCUT2D eigenvalue weighted by molar-refractivity contribution is 5.67. The van der Waals surface area contributed by atoms with Gasteiger partial charge in [0.05, 0.1) is 0 Å². The molecule has 0 saturated carbocycles. The molecule has 0 heterocycles. The van der Waals surface area contributed by atoms with E-state index in [-0.39, 0.29) is 18.2 Å². The van der Waals surface area contributed by atoms with Crippen LogP contribution in [0.25, 0.3) is 0 Å². The minimum Gasteiger partial charge on any atom is -0.446 e. The van der Waals surface area contributed by atoms with Crippen LogP contribution in [-0.2, 0) is 11.2 Å². The van der Waals surface area contributed by atoms with Gasteiger partial charge in [0, 0.05) is 19.0 Å². The van der Waals surface area contributed by atoms with E-state index in [1.54, 1.807) is 0 Å². The van der Waals surface area contributed by atoms with Crippen molar-refractivity contribution in [2.45, 2.75) is 45.8 Å². The number of benzene rings is 1. The second-order valence-electron chi connectivity index (χ2n) is 5.60. The maximum atomic E-state index is 11.7. The quantitative estimate of drug-likeness (QED) is 0.806. The third-order valence-electron chi connectivity index (χ3n) is 3.04. The highest BCUT2D eigenvalue weighted by atomic mass is 16.6. The second-order valence-corrected chi connectivity index (χ2v) is 5.60. The van der Waals surface area contributed by atoms with E-state index < -0.39 is 0 Å². The van der Waals surface area contributed by atoms with Gasteiger partial charge in [0.2, 0.25) is 0 Å². The lowest BCUT2D eigenvalue weighted by molar-refractivity contribution is 0.105. The van der Waals surface area contributed by atoms with Crippen LogP contribution in [0.3, 0.4) is 0 Å². The van der Waals surface area contributed by atoms with E-state index in [9.17, 15) is 4.79 Å². The number of hydrogen-bond donors (Lipinski definition) is 2. The number of amides is 1. The summed E-state index contributed by atoms with van der Waals surface area (Å²) in [4.78, 5) is 11.7. The van der Waals surface area contributed by atoms with Crippen LogP contribution in [-0.4, -0.2) is 24.8 Å². The molecule has 0 saturated heterocycles. The Bertz CT molecular complexity index is 393. The topological polar surface area (TPSA) is 64.3 Å². The largest absolute Gasteiger partial charge is 0.446 e. The Labute approximate surface area is 121 Å². The lowest BCUT2D eigenvalue weighted by atomic mass is 10.0. The fraction of sp³-hybridized carbons (Fsp3) is 0.562. The highest BCUT2D eigenvalue weighted by Gasteiger charge is 2.12. The molecule has 0 aromatic heterocycles. The predicted molar refractivity (Wildman–Crippen MR) is 81.5 cm³/mol. The van der Waals surface area contributed by atoms with Gasteiger partial charge in [0.1, 0.15) is 6.10 Å². The first kappa shape index (κ1) is 16.5. The van der Waals surface area contributed by atoms with Gasteiger partial charge >= 0.3 is 6.09 Å². The molecule has 0 aliphatic heterocycles. The standard InChI is InChI=1S/C16H26N2O2/c1-12(9-13(2)17)11-18-16(19)20-14(3)10-15-7-5-4-6-8-15/h4-8,12-14H,9-11,17H2,1-3H3,(H,18,19)/t12?,13-,14?/m0/s1. The summed E-state index contributed by atoms with van der Waals surface area (Å²) < 4.78 is 5.33. The predicted octanol–water partition coefficient (Wildman–Crippen LogP) is 2.72. The van der Waals surface area contributed by atoms with E-state index in [0.717, 1.165) is 18.4 Å². The maximum Gasteiger partial charge on any atom is 0.407 e. The van der Waals surface area contributed by atoms with Gasteiger partial charge in [-0.15, -0.1) is 0 Å². The van der Waals surface area contributed by atoms with Gasteiger partial charge in [-0.2, -0.15) is 0 Å². The Morgan fingerprint density at radius 3 is 2.50 bits per heavy atom. The van der Waals surface area contributed by atoms with Crippen molar-refractivity contribution in [3.05, 3.63) is 35.9 Å². The Balaban J connectivity index is 2.24. The van der Waals surface area contributed by atoms with Crippen molar-refractivity contribution in [2.24, 2.45) is 11.7 Å². The van der Waals surface area contributed by atoms with Crippen LogP contribution in [0, 0.1) is 5.92 Å². The number of ether oxygens (including phenoxy) is 1. The van der Waals surface area contributed by atoms with Gasteiger partial charge in [0.25, 0.3) is 0 Å². The summed E-state index contributed by atoms with van der Waals surface area (Å²) in [6, 6.07) is 10.2. The summed E-state index contributed by atoms with van der Waals surface area (Å²) in [7, 11) is 0. The molecule has 3 atom stereocenters. The first-order valence-corrected chi connectivity index (χ1v) is 7.21. The first-order chi connectivity index (χ1) is 9.47. The van der Waals surface area contributed by atoms with Crippen molar-refractivity contribution < 1.29 is 9.53 Å². The normalized spacial score (nSPS) is 15.2. The van der Waals surface area contributed by atoms with Crippen LogP contribution in [0.4, 0.5) is 4.79 Å². The molecule has 4 nitrogen and oxygen atoms in total. The molecule has 0 spiro atoms. The summed E-state index contributed by atoms with van der Waals surface area (Å²) in [6.07, 6.45) is 1.12. The van der Waals surface area contributed by atoms with Crippen molar-refractivity contribution in [1.82, 2.24) is 5.32 Å². The number of nitrogens with two attached hydrogens (primary N) is 1. The van der Waals surface area contributed by atoms with Gasteiger partial charge < -0.3 is 15.8 Å². The minimum atomic E-state index is -0.357. The molecule has 0 fully saturated rings. The molecule has 1 aromatic rings. The molecule has 3 N–H and O–H groups in total. The Kier molecular flexibility index (Phi) is 7.09. The monoisotopic (exact) mass is 278 g/mol. The van der Waals surface area contributed by atoms with Gasteiger partial charge in [-0.1, -0.05) is 37.3 Å². The molecule has 2 unspecified atom stereocenters. The molecular weight excluding hydrogens is 252 g/mol. The molecule has 20 heavy (non-hydrogen) atoms. The zero-order valence-electron chi connectivity index (χ0n) is 12.6. The van der Waals surface area contributed by atoms with E-state index >= 15 is 0 Å². The van der Waals surface area contributed by atoms with E-state index in [1.165, 1.54) is 0 Å². The summed E-state index contributed by atoms with van der Waals surface area (Å²) in [5, 5.41) is 2.79. The zero-order chi connectivity index (χ0) is 15.0. The number of hydrogen-bond acceptors (Lipinski definition) is 3. The summed E-state index contributed by atoms with van der Waals surface area (Å²) in [5.41, 5.74) is 6.89. The van der Waals surface area contributed by atoms with Gasteiger partial charge in [-0.05, 0) is 31.7 Å². The minimum absolute atomic E-state index is 0.138. The van der Waals surface area contributed by atoms with Crippen LogP contribution in [0.1, 0.15) is 32.8 Å². The molecule has 1 aromatic carbocycles. The Morgan fingerprint density at radius 2 is 1.90 bits per heavy atom. The van der Waals surface area contributed by atoms with Crippen molar-refractivity contribution in [3.63, 3.8) is 0 Å². The molecular formula is C16H26N2O2. The molecule has 1 rings (SSSR count). The fourth-order valence-corrected chi connectivity index (χ4v) is 2.19. The number of carbonyl (C=O) groups excluding carboxylic acids is 1. The molecule has 112 valence electrons. The van der Waals surface area contributed by atoms with Crippen molar-refractivity contribution in [1.29, 1.82) is 0 Å². The number of alkyl carbamates (subject to hydrolysis) is 1. The summed E-state index contributed by atoms with van der Waals surface area (Å²) >= 11 is 0. The lowest BCUT2D eigenvalue weighted by Crippen LogP contribution is -2.33. The SMILES string of the molecule is CC(CNC(=O)OC(C)Cc1ccccc1)C[C@H](C)N. The van der Waals surface area contributed by atoms with Crippen LogP contribution in [0.5, 0.6) is 0 Å². The lowest BCUT2D eigenvalue weighted by Gasteiger charge is -2.17. The average molecular weight is 278 g/mol. The molecule has 0 bridgehead atoms. The van der Waals surface area contributed by atoms with E-state index in [1.807, 2.05) is 44.2 Å². The smallest absolute Gasteiger partial charge is 0.407 e. The number of rotatable bonds is 7. The second kappa shape index (κ2) is 8.59. The Morgan fingerprint density at radius 1 is 1.25 bits per heavy atom. The van der Waals surface area contributed by atoms with Gasteiger partial charge in [0.15, 0.2) is 0 Å². The summed E-state index contributed by atoms with van der Waals surface area (Å²) in [5.74, 6) is 0.354. The van der Waals surface area contributed by atoms with Crippen LogP contribution >= 0.6 is 0 Å². The van der Waals surface area contributed by atoms with Crippen molar-refractivity contribution in [2.75, 3.05) is 6.54 Å². The molecule has 0 aliphatic carbocycles. The third kappa shape index (κ3) is 7.14. The number of nitrogens with one attached hydrogen (secondary N) is 1. The average Bonchev–Trinajstić information content (AvgIpc) is 2.36. The zero-order valence-corrected chi connectivity index (χ0v) is 12.6. The Hall–Kier alpha value is -1.55. The van der Waals surface area contributed by atoms with Gasteiger partial charge in [-0.3, -0.25) is 0 Å². The summed E-state index contributed by atoms with van der Waals surface area (Å²) in [6.45, 7) is 6.53.